The van der Waals surface area contributed by atoms with E-state index >= 15 is 0 Å². The molecule has 0 aliphatic heterocycles. The quantitative estimate of drug-likeness (QED) is 0.858. The number of rotatable bonds is 3. The Kier molecular flexibility index (Phi) is 2.81. The van der Waals surface area contributed by atoms with E-state index in [1.54, 1.807) is 6.07 Å². The summed E-state index contributed by atoms with van der Waals surface area (Å²) in [5.41, 5.74) is -1.16. The third kappa shape index (κ3) is 2.01. The standard InChI is InChI=1S/C12H13FO3/c13-9-4-3-5-10(8-9)16-12(11(14)15)6-1-2-7-12/h3-5,8H,1-2,6-7H2,(H,14,15). The Labute approximate surface area is 92.9 Å². The molecule has 1 aliphatic carbocycles. The number of carboxylic acid groups (broad SMARTS) is 1. The molecule has 0 spiro atoms. The Morgan fingerprint density at radius 2 is 2.06 bits per heavy atom. The lowest BCUT2D eigenvalue weighted by atomic mass is 10.0. The second kappa shape index (κ2) is 4.12. The molecular formula is C12H13FO3. The molecule has 1 aromatic rings. The number of aliphatic carboxylic acids is 1. The van der Waals surface area contributed by atoms with Crippen LogP contribution in [0.25, 0.3) is 0 Å². The van der Waals surface area contributed by atoms with Gasteiger partial charge in [-0.25, -0.2) is 9.18 Å². The van der Waals surface area contributed by atoms with E-state index in [0.29, 0.717) is 12.8 Å². The Hall–Kier alpha value is -1.58. The lowest BCUT2D eigenvalue weighted by Gasteiger charge is -2.25. The van der Waals surface area contributed by atoms with Gasteiger partial charge in [-0.2, -0.15) is 0 Å². The van der Waals surface area contributed by atoms with Gasteiger partial charge in [-0.3, -0.25) is 0 Å². The van der Waals surface area contributed by atoms with Gasteiger partial charge in [-0.05, 0) is 37.8 Å². The van der Waals surface area contributed by atoms with E-state index < -0.39 is 17.4 Å². The highest BCUT2D eigenvalue weighted by Gasteiger charge is 2.43. The van der Waals surface area contributed by atoms with E-state index in [9.17, 15) is 14.3 Å². The van der Waals surface area contributed by atoms with E-state index in [0.717, 1.165) is 12.8 Å². The van der Waals surface area contributed by atoms with Gasteiger partial charge >= 0.3 is 5.97 Å². The van der Waals surface area contributed by atoms with Crippen molar-refractivity contribution < 1.29 is 19.0 Å². The monoisotopic (exact) mass is 224 g/mol. The first-order valence-corrected chi connectivity index (χ1v) is 5.30. The first-order valence-electron chi connectivity index (χ1n) is 5.30. The number of hydrogen-bond acceptors (Lipinski definition) is 2. The molecule has 1 fully saturated rings. The van der Waals surface area contributed by atoms with Crippen LogP contribution < -0.4 is 4.74 Å². The molecule has 86 valence electrons. The molecular weight excluding hydrogens is 211 g/mol. The molecule has 0 atom stereocenters. The molecule has 0 radical (unpaired) electrons. The number of halogens is 1. The van der Waals surface area contributed by atoms with Crippen LogP contribution in [0.3, 0.4) is 0 Å². The van der Waals surface area contributed by atoms with Crippen molar-refractivity contribution in [1.82, 2.24) is 0 Å². The van der Waals surface area contributed by atoms with Crippen LogP contribution in [0.1, 0.15) is 25.7 Å². The van der Waals surface area contributed by atoms with Crippen LogP contribution in [-0.2, 0) is 4.79 Å². The number of carbonyl (C=O) groups is 1. The molecule has 0 amide bonds. The third-order valence-corrected chi connectivity index (χ3v) is 2.91. The number of benzene rings is 1. The maximum absolute atomic E-state index is 12.9. The Morgan fingerprint density at radius 1 is 1.38 bits per heavy atom. The smallest absolute Gasteiger partial charge is 0.348 e. The van der Waals surface area contributed by atoms with Gasteiger partial charge in [0, 0.05) is 6.07 Å². The van der Waals surface area contributed by atoms with Gasteiger partial charge in [0.15, 0.2) is 0 Å². The molecule has 1 aliphatic rings. The molecule has 16 heavy (non-hydrogen) atoms. The Morgan fingerprint density at radius 3 is 2.62 bits per heavy atom. The zero-order valence-electron chi connectivity index (χ0n) is 8.78. The summed E-state index contributed by atoms with van der Waals surface area (Å²) >= 11 is 0. The maximum atomic E-state index is 12.9. The van der Waals surface area contributed by atoms with Gasteiger partial charge in [-0.15, -0.1) is 0 Å². The molecule has 2 rings (SSSR count). The van der Waals surface area contributed by atoms with Crippen molar-refractivity contribution in [3.05, 3.63) is 30.1 Å². The Balaban J connectivity index is 2.21. The number of ether oxygens (including phenoxy) is 1. The Bertz CT molecular complexity index is 397. The maximum Gasteiger partial charge on any atom is 0.348 e. The average molecular weight is 224 g/mol. The van der Waals surface area contributed by atoms with Crippen LogP contribution in [0.5, 0.6) is 5.75 Å². The molecule has 0 saturated heterocycles. The zero-order valence-corrected chi connectivity index (χ0v) is 8.78. The summed E-state index contributed by atoms with van der Waals surface area (Å²) in [7, 11) is 0. The van der Waals surface area contributed by atoms with Crippen molar-refractivity contribution in [2.24, 2.45) is 0 Å². The van der Waals surface area contributed by atoms with Crippen molar-refractivity contribution in [1.29, 1.82) is 0 Å². The normalized spacial score (nSPS) is 18.3. The van der Waals surface area contributed by atoms with E-state index in [1.807, 2.05) is 0 Å². The van der Waals surface area contributed by atoms with E-state index in [2.05, 4.69) is 0 Å². The molecule has 0 aromatic heterocycles. The van der Waals surface area contributed by atoms with Gasteiger partial charge in [0.1, 0.15) is 11.6 Å². The highest BCUT2D eigenvalue weighted by Crippen LogP contribution is 2.34. The molecule has 1 aromatic carbocycles. The first kappa shape index (κ1) is 10.9. The lowest BCUT2D eigenvalue weighted by Crippen LogP contribution is -2.41. The van der Waals surface area contributed by atoms with E-state index in [1.165, 1.54) is 18.2 Å². The van der Waals surface area contributed by atoms with Crippen molar-refractivity contribution in [3.8, 4) is 5.75 Å². The highest BCUT2D eigenvalue weighted by molar-refractivity contribution is 5.78. The minimum absolute atomic E-state index is 0.282. The first-order chi connectivity index (χ1) is 7.62. The summed E-state index contributed by atoms with van der Waals surface area (Å²) < 4.78 is 18.4. The summed E-state index contributed by atoms with van der Waals surface area (Å²) in [5, 5.41) is 9.18. The summed E-state index contributed by atoms with van der Waals surface area (Å²) in [6.45, 7) is 0. The van der Waals surface area contributed by atoms with Crippen LogP contribution in [-0.4, -0.2) is 16.7 Å². The second-order valence-electron chi connectivity index (χ2n) is 4.07. The van der Waals surface area contributed by atoms with Crippen molar-refractivity contribution in [3.63, 3.8) is 0 Å². The average Bonchev–Trinajstić information content (AvgIpc) is 2.67. The van der Waals surface area contributed by atoms with Crippen LogP contribution in [0, 0.1) is 5.82 Å². The summed E-state index contributed by atoms with van der Waals surface area (Å²) in [4.78, 5) is 11.2. The van der Waals surface area contributed by atoms with E-state index in [-0.39, 0.29) is 5.75 Å². The number of carboxylic acids is 1. The summed E-state index contributed by atoms with van der Waals surface area (Å²) in [6, 6.07) is 5.60. The fraction of sp³-hybridized carbons (Fsp3) is 0.417. The highest BCUT2D eigenvalue weighted by atomic mass is 19.1. The number of hydrogen-bond donors (Lipinski definition) is 1. The molecule has 0 bridgehead atoms. The second-order valence-corrected chi connectivity index (χ2v) is 4.07. The molecule has 4 heteroatoms. The van der Waals surface area contributed by atoms with Gasteiger partial charge in [0.2, 0.25) is 5.60 Å². The zero-order chi connectivity index (χ0) is 11.6. The van der Waals surface area contributed by atoms with E-state index in [4.69, 9.17) is 4.74 Å². The van der Waals surface area contributed by atoms with Gasteiger partial charge in [0.05, 0.1) is 0 Å². The minimum atomic E-state index is -1.16. The molecule has 3 nitrogen and oxygen atoms in total. The molecule has 0 unspecified atom stereocenters. The lowest BCUT2D eigenvalue weighted by molar-refractivity contribution is -0.154. The fourth-order valence-electron chi connectivity index (χ4n) is 2.06. The van der Waals surface area contributed by atoms with Crippen molar-refractivity contribution in [2.45, 2.75) is 31.3 Å². The van der Waals surface area contributed by atoms with Crippen LogP contribution in [0.15, 0.2) is 24.3 Å². The van der Waals surface area contributed by atoms with Crippen LogP contribution >= 0.6 is 0 Å². The minimum Gasteiger partial charge on any atom is -0.478 e. The predicted octanol–water partition coefficient (Wildman–Crippen LogP) is 2.60. The summed E-state index contributed by atoms with van der Waals surface area (Å²) in [5.74, 6) is -1.10. The summed E-state index contributed by atoms with van der Waals surface area (Å²) in [6.07, 6.45) is 2.64. The third-order valence-electron chi connectivity index (χ3n) is 2.91. The van der Waals surface area contributed by atoms with Gasteiger partial charge < -0.3 is 9.84 Å². The van der Waals surface area contributed by atoms with Gasteiger partial charge in [-0.1, -0.05) is 6.07 Å². The van der Waals surface area contributed by atoms with Crippen LogP contribution in [0.4, 0.5) is 4.39 Å². The molecule has 0 heterocycles. The fourth-order valence-corrected chi connectivity index (χ4v) is 2.06. The SMILES string of the molecule is O=C(O)C1(Oc2cccc(F)c2)CCCC1. The van der Waals surface area contributed by atoms with Crippen LogP contribution in [0.2, 0.25) is 0 Å². The van der Waals surface area contributed by atoms with Gasteiger partial charge in [0.25, 0.3) is 0 Å². The molecule has 1 N–H and O–H groups in total. The largest absolute Gasteiger partial charge is 0.478 e. The molecule has 1 saturated carbocycles. The predicted molar refractivity (Wildman–Crippen MR) is 55.9 cm³/mol. The van der Waals surface area contributed by atoms with Crippen molar-refractivity contribution in [2.75, 3.05) is 0 Å². The van der Waals surface area contributed by atoms with Crippen molar-refractivity contribution >= 4 is 5.97 Å². The topological polar surface area (TPSA) is 46.5 Å².